The lowest BCUT2D eigenvalue weighted by molar-refractivity contribution is -0.128. The highest BCUT2D eigenvalue weighted by Gasteiger charge is 2.29. The normalized spacial score (nSPS) is 16.1. The SMILES string of the molecule is CC(=O)N(C)Cc1ccc(-c2cn3c4c(nc3cc2F)CCC[C@@H]4c2ccccc2CC(C)F)cc1. The second kappa shape index (κ2) is 9.84. The van der Waals surface area contributed by atoms with Crippen molar-refractivity contribution < 1.29 is 13.6 Å². The topological polar surface area (TPSA) is 37.6 Å². The molecule has 2 aromatic carbocycles. The minimum Gasteiger partial charge on any atom is -0.342 e. The van der Waals surface area contributed by atoms with Gasteiger partial charge in [-0.1, -0.05) is 48.5 Å². The Balaban J connectivity index is 1.56. The number of nitrogens with zero attached hydrogens (tertiary/aromatic N) is 3. The number of hydrogen-bond acceptors (Lipinski definition) is 2. The van der Waals surface area contributed by atoms with Crippen molar-refractivity contribution in [3.63, 3.8) is 0 Å². The van der Waals surface area contributed by atoms with Crippen LogP contribution >= 0.6 is 0 Å². The summed E-state index contributed by atoms with van der Waals surface area (Å²) < 4.78 is 31.3. The molecule has 0 N–H and O–H groups in total. The van der Waals surface area contributed by atoms with Crippen LogP contribution in [0.25, 0.3) is 16.8 Å². The minimum atomic E-state index is -0.921. The standard InChI is InChI=1S/C30H31F2N3O/c1-19(31)15-23-7-4-5-8-24(23)25-9-6-10-28-30(25)35-18-26(27(32)16-29(35)33-28)22-13-11-21(12-14-22)17-34(3)20(2)36/h4-5,7-8,11-14,16,18-19,25H,6,9-10,15,17H2,1-3H3/t19?,25-/m1/s1. The van der Waals surface area contributed by atoms with E-state index >= 15 is 4.39 Å². The van der Waals surface area contributed by atoms with Crippen LogP contribution in [0.15, 0.2) is 60.8 Å². The van der Waals surface area contributed by atoms with Gasteiger partial charge in [0.1, 0.15) is 17.6 Å². The highest BCUT2D eigenvalue weighted by atomic mass is 19.1. The second-order valence-electron chi connectivity index (χ2n) is 9.91. The van der Waals surface area contributed by atoms with Crippen molar-refractivity contribution >= 4 is 11.6 Å². The molecule has 2 aromatic heterocycles. The van der Waals surface area contributed by atoms with E-state index in [-0.39, 0.29) is 17.6 Å². The van der Waals surface area contributed by atoms with Crippen molar-refractivity contribution in [3.05, 3.63) is 94.7 Å². The summed E-state index contributed by atoms with van der Waals surface area (Å²) in [7, 11) is 1.76. The van der Waals surface area contributed by atoms with E-state index in [2.05, 4.69) is 6.07 Å². The molecular weight excluding hydrogens is 456 g/mol. The molecule has 2 heterocycles. The highest BCUT2D eigenvalue weighted by molar-refractivity contribution is 5.73. The zero-order valence-electron chi connectivity index (χ0n) is 21.0. The number of halogens is 2. The third-order valence-corrected chi connectivity index (χ3v) is 7.21. The monoisotopic (exact) mass is 487 g/mol. The smallest absolute Gasteiger partial charge is 0.219 e. The molecule has 1 amide bonds. The Morgan fingerprint density at radius 2 is 1.94 bits per heavy atom. The van der Waals surface area contributed by atoms with Gasteiger partial charge in [0.25, 0.3) is 0 Å². The molecule has 0 radical (unpaired) electrons. The number of pyridine rings is 1. The summed E-state index contributed by atoms with van der Waals surface area (Å²) in [6, 6.07) is 17.2. The number of alkyl halides is 1. The first kappa shape index (κ1) is 24.2. The summed E-state index contributed by atoms with van der Waals surface area (Å²) in [6.07, 6.45) is 4.10. The number of imidazole rings is 1. The van der Waals surface area contributed by atoms with E-state index in [1.807, 2.05) is 53.1 Å². The van der Waals surface area contributed by atoms with Crippen molar-refractivity contribution in [2.75, 3.05) is 7.05 Å². The minimum absolute atomic E-state index is 0.00226. The molecule has 2 atom stereocenters. The Labute approximate surface area is 210 Å². The van der Waals surface area contributed by atoms with Crippen LogP contribution in [0.5, 0.6) is 0 Å². The molecule has 0 bridgehead atoms. The average Bonchev–Trinajstić information content (AvgIpc) is 3.21. The predicted molar refractivity (Wildman–Crippen MR) is 138 cm³/mol. The number of fused-ring (bicyclic) bond motifs is 3. The van der Waals surface area contributed by atoms with Gasteiger partial charge in [-0.3, -0.25) is 4.79 Å². The fraction of sp³-hybridized carbons (Fsp3) is 0.333. The van der Waals surface area contributed by atoms with Crippen molar-refractivity contribution in [1.29, 1.82) is 0 Å². The van der Waals surface area contributed by atoms with E-state index in [9.17, 15) is 9.18 Å². The molecule has 5 rings (SSSR count). The summed E-state index contributed by atoms with van der Waals surface area (Å²) in [5, 5.41) is 0. The second-order valence-corrected chi connectivity index (χ2v) is 9.91. The zero-order chi connectivity index (χ0) is 25.4. The number of amides is 1. The number of aryl methyl sites for hydroxylation is 1. The van der Waals surface area contributed by atoms with E-state index in [0.29, 0.717) is 24.2 Å². The maximum absolute atomic E-state index is 15.3. The van der Waals surface area contributed by atoms with Gasteiger partial charge in [0, 0.05) is 50.7 Å². The van der Waals surface area contributed by atoms with Crippen LogP contribution in [0.1, 0.15) is 60.7 Å². The number of carbonyl (C=O) groups is 1. The fourth-order valence-electron chi connectivity index (χ4n) is 5.35. The molecule has 1 aliphatic rings. The van der Waals surface area contributed by atoms with Gasteiger partial charge in [0.05, 0.1) is 11.4 Å². The molecule has 0 saturated carbocycles. The lowest BCUT2D eigenvalue weighted by atomic mass is 9.81. The van der Waals surface area contributed by atoms with Crippen LogP contribution in [-0.2, 0) is 24.2 Å². The third kappa shape index (κ3) is 4.64. The number of carbonyl (C=O) groups excluding carboxylic acids is 1. The van der Waals surface area contributed by atoms with Crippen LogP contribution in [0.2, 0.25) is 0 Å². The summed E-state index contributed by atoms with van der Waals surface area (Å²) in [4.78, 5) is 18.0. The number of benzene rings is 2. The molecule has 1 aliphatic carbocycles. The van der Waals surface area contributed by atoms with Crippen LogP contribution in [-0.4, -0.2) is 33.4 Å². The molecular formula is C30H31F2N3O. The fourth-order valence-corrected chi connectivity index (χ4v) is 5.35. The molecule has 0 saturated heterocycles. The third-order valence-electron chi connectivity index (χ3n) is 7.21. The molecule has 6 heteroatoms. The van der Waals surface area contributed by atoms with Crippen molar-refractivity contribution in [3.8, 4) is 11.1 Å². The van der Waals surface area contributed by atoms with E-state index in [0.717, 1.165) is 52.9 Å². The maximum Gasteiger partial charge on any atom is 0.219 e. The molecule has 186 valence electrons. The summed E-state index contributed by atoms with van der Waals surface area (Å²) in [6.45, 7) is 3.63. The first-order valence-electron chi connectivity index (χ1n) is 12.5. The molecule has 4 nitrogen and oxygen atoms in total. The molecule has 4 aromatic rings. The van der Waals surface area contributed by atoms with Crippen molar-refractivity contribution in [1.82, 2.24) is 14.3 Å². The van der Waals surface area contributed by atoms with Gasteiger partial charge in [-0.15, -0.1) is 0 Å². The van der Waals surface area contributed by atoms with Crippen LogP contribution < -0.4 is 0 Å². The molecule has 0 aliphatic heterocycles. The number of rotatable bonds is 6. The first-order chi connectivity index (χ1) is 17.3. The Bertz CT molecular complexity index is 1410. The largest absolute Gasteiger partial charge is 0.342 e. The van der Waals surface area contributed by atoms with Crippen LogP contribution in [0, 0.1) is 5.82 Å². The Morgan fingerprint density at radius 1 is 1.19 bits per heavy atom. The summed E-state index contributed by atoms with van der Waals surface area (Å²) in [5.74, 6) is -0.235. The van der Waals surface area contributed by atoms with Crippen molar-refractivity contribution in [2.45, 2.75) is 58.2 Å². The summed E-state index contributed by atoms with van der Waals surface area (Å²) in [5.41, 5.74) is 7.09. The Hall–Kier alpha value is -3.54. The predicted octanol–water partition coefficient (Wildman–Crippen LogP) is 6.49. The van der Waals surface area contributed by atoms with Gasteiger partial charge >= 0.3 is 0 Å². The lowest BCUT2D eigenvalue weighted by Gasteiger charge is -2.25. The molecule has 1 unspecified atom stereocenters. The summed E-state index contributed by atoms with van der Waals surface area (Å²) >= 11 is 0. The lowest BCUT2D eigenvalue weighted by Crippen LogP contribution is -2.22. The Morgan fingerprint density at radius 3 is 2.67 bits per heavy atom. The van der Waals surface area contributed by atoms with Gasteiger partial charge in [-0.25, -0.2) is 13.8 Å². The first-order valence-corrected chi connectivity index (χ1v) is 12.5. The van der Waals surface area contributed by atoms with Gasteiger partial charge in [-0.05, 0) is 48.4 Å². The van der Waals surface area contributed by atoms with E-state index in [4.69, 9.17) is 4.98 Å². The van der Waals surface area contributed by atoms with E-state index in [1.165, 1.54) is 13.0 Å². The van der Waals surface area contributed by atoms with Gasteiger partial charge < -0.3 is 9.30 Å². The quantitative estimate of drug-likeness (QED) is 0.312. The highest BCUT2D eigenvalue weighted by Crippen LogP contribution is 2.39. The molecule has 36 heavy (non-hydrogen) atoms. The van der Waals surface area contributed by atoms with Crippen LogP contribution in [0.4, 0.5) is 8.78 Å². The average molecular weight is 488 g/mol. The maximum atomic E-state index is 15.3. The molecule has 0 spiro atoms. The Kier molecular flexibility index (Phi) is 6.61. The van der Waals surface area contributed by atoms with Gasteiger partial charge in [-0.2, -0.15) is 0 Å². The zero-order valence-corrected chi connectivity index (χ0v) is 21.0. The van der Waals surface area contributed by atoms with Crippen molar-refractivity contribution in [2.24, 2.45) is 0 Å². The van der Waals surface area contributed by atoms with Gasteiger partial charge in [0.15, 0.2) is 0 Å². The number of hydrogen-bond donors (Lipinski definition) is 0. The molecule has 0 fully saturated rings. The van der Waals surface area contributed by atoms with E-state index in [1.54, 1.807) is 18.9 Å². The van der Waals surface area contributed by atoms with Crippen LogP contribution in [0.3, 0.4) is 0 Å². The van der Waals surface area contributed by atoms with E-state index < -0.39 is 6.17 Å². The van der Waals surface area contributed by atoms with Gasteiger partial charge in [0.2, 0.25) is 5.91 Å². The number of aromatic nitrogens is 2.